The number of hydrogen-bond acceptors (Lipinski definition) is 3. The molecule has 1 aliphatic heterocycles. The summed E-state index contributed by atoms with van der Waals surface area (Å²) in [6, 6.07) is 9.40. The second-order valence-corrected chi connectivity index (χ2v) is 7.87. The van der Waals surface area contributed by atoms with Crippen molar-refractivity contribution in [2.24, 2.45) is 5.92 Å². The second kappa shape index (κ2) is 9.60. The topological polar surface area (TPSA) is 78.5 Å². The first-order valence-corrected chi connectivity index (χ1v) is 10.3. The number of carbonyl (C=O) groups is 3. The second-order valence-electron chi connectivity index (χ2n) is 7.46. The van der Waals surface area contributed by atoms with Gasteiger partial charge in [-0.15, -0.1) is 0 Å². The Morgan fingerprint density at radius 2 is 1.91 bits per heavy atom. The predicted octanol–water partition coefficient (Wildman–Crippen LogP) is 4.69. The van der Waals surface area contributed by atoms with Crippen molar-refractivity contribution in [2.45, 2.75) is 32.5 Å². The number of nitrogens with one attached hydrogen (secondary N) is 2. The van der Waals surface area contributed by atoms with Gasteiger partial charge in [0.05, 0.1) is 22.2 Å². The Bertz CT molecular complexity index is 1040. The Kier molecular flexibility index (Phi) is 7.08. The van der Waals surface area contributed by atoms with E-state index < -0.39 is 23.6 Å². The highest BCUT2D eigenvalue weighted by atomic mass is 35.5. The summed E-state index contributed by atoms with van der Waals surface area (Å²) in [4.78, 5) is 38.0. The fourth-order valence-electron chi connectivity index (χ4n) is 3.35. The number of nitrogens with zero attached hydrogens (tertiary/aromatic N) is 1. The van der Waals surface area contributed by atoms with Gasteiger partial charge in [-0.05, 0) is 35.9 Å². The molecule has 0 spiro atoms. The molecule has 32 heavy (non-hydrogen) atoms. The van der Waals surface area contributed by atoms with Crippen molar-refractivity contribution in [2.75, 3.05) is 17.2 Å². The van der Waals surface area contributed by atoms with Gasteiger partial charge in [-0.25, -0.2) is 0 Å². The van der Waals surface area contributed by atoms with E-state index in [2.05, 4.69) is 10.6 Å². The molecule has 3 amide bonds. The van der Waals surface area contributed by atoms with Gasteiger partial charge in [0, 0.05) is 31.6 Å². The van der Waals surface area contributed by atoms with Crippen LogP contribution in [-0.2, 0) is 27.1 Å². The smallest absolute Gasteiger partial charge is 0.338 e. The van der Waals surface area contributed by atoms with E-state index in [9.17, 15) is 27.6 Å². The number of hydrogen-bond donors (Lipinski definition) is 2. The van der Waals surface area contributed by atoms with Gasteiger partial charge in [0.15, 0.2) is 0 Å². The van der Waals surface area contributed by atoms with E-state index in [1.165, 1.54) is 29.2 Å². The minimum absolute atomic E-state index is 0.0220. The van der Waals surface area contributed by atoms with Crippen LogP contribution in [0.2, 0.25) is 5.02 Å². The van der Waals surface area contributed by atoms with E-state index in [-0.39, 0.29) is 48.5 Å². The largest absolute Gasteiger partial charge is 0.416 e. The molecule has 6 nitrogen and oxygen atoms in total. The molecule has 0 radical (unpaired) electrons. The van der Waals surface area contributed by atoms with Crippen molar-refractivity contribution in [1.29, 1.82) is 0 Å². The van der Waals surface area contributed by atoms with Crippen LogP contribution >= 0.6 is 11.6 Å². The molecule has 10 heteroatoms. The van der Waals surface area contributed by atoms with Gasteiger partial charge in [0.1, 0.15) is 0 Å². The Morgan fingerprint density at radius 3 is 2.59 bits per heavy atom. The van der Waals surface area contributed by atoms with Gasteiger partial charge in [-0.3, -0.25) is 14.4 Å². The minimum Gasteiger partial charge on any atom is -0.338 e. The molecule has 1 heterocycles. The maximum absolute atomic E-state index is 12.9. The molecule has 1 fully saturated rings. The molecule has 0 bridgehead atoms. The van der Waals surface area contributed by atoms with Gasteiger partial charge >= 0.3 is 6.18 Å². The van der Waals surface area contributed by atoms with E-state index in [1.54, 1.807) is 13.0 Å². The zero-order valence-electron chi connectivity index (χ0n) is 17.1. The number of benzene rings is 2. The van der Waals surface area contributed by atoms with Gasteiger partial charge in [0.2, 0.25) is 17.7 Å². The number of amides is 3. The normalized spacial score (nSPS) is 16.2. The number of rotatable bonds is 6. The Labute approximate surface area is 187 Å². The fraction of sp³-hybridized carbons (Fsp3) is 0.318. The van der Waals surface area contributed by atoms with Crippen LogP contribution in [0.4, 0.5) is 24.5 Å². The first-order valence-electron chi connectivity index (χ1n) is 9.91. The number of likely N-dealkylation sites (tertiary alicyclic amines) is 1. The Hall–Kier alpha value is -3.07. The number of halogens is 4. The Morgan fingerprint density at radius 1 is 1.16 bits per heavy atom. The van der Waals surface area contributed by atoms with E-state index in [0.29, 0.717) is 11.3 Å². The molecule has 0 saturated carbocycles. The van der Waals surface area contributed by atoms with E-state index >= 15 is 0 Å². The number of alkyl halides is 3. The summed E-state index contributed by atoms with van der Waals surface area (Å²) in [5.74, 6) is -1.64. The van der Waals surface area contributed by atoms with Gasteiger partial charge < -0.3 is 15.5 Å². The minimum atomic E-state index is -4.47. The summed E-state index contributed by atoms with van der Waals surface area (Å²) in [5.41, 5.74) is 0.289. The summed E-state index contributed by atoms with van der Waals surface area (Å²) in [6.07, 6.45) is -4.25. The highest BCUT2D eigenvalue weighted by Gasteiger charge is 2.35. The zero-order valence-corrected chi connectivity index (χ0v) is 17.9. The first-order chi connectivity index (χ1) is 15.1. The van der Waals surface area contributed by atoms with Crippen LogP contribution < -0.4 is 10.6 Å². The lowest BCUT2D eigenvalue weighted by molar-refractivity contribution is -0.137. The summed E-state index contributed by atoms with van der Waals surface area (Å²) in [6.45, 7) is 1.76. The molecule has 2 aromatic carbocycles. The molecule has 1 atom stereocenters. The quantitative estimate of drug-likeness (QED) is 0.646. The molecule has 1 aliphatic rings. The van der Waals surface area contributed by atoms with E-state index in [1.807, 2.05) is 0 Å². The van der Waals surface area contributed by atoms with Crippen LogP contribution in [0.3, 0.4) is 0 Å². The predicted molar refractivity (Wildman–Crippen MR) is 114 cm³/mol. The van der Waals surface area contributed by atoms with Crippen LogP contribution in [0, 0.1) is 5.92 Å². The first kappa shape index (κ1) is 23.6. The Balaban J connectivity index is 1.66. The van der Waals surface area contributed by atoms with E-state index in [0.717, 1.165) is 12.1 Å². The van der Waals surface area contributed by atoms with Gasteiger partial charge in [0.25, 0.3) is 0 Å². The molecule has 0 aromatic heterocycles. The van der Waals surface area contributed by atoms with Gasteiger partial charge in [-0.1, -0.05) is 30.7 Å². The third-order valence-electron chi connectivity index (χ3n) is 5.04. The summed E-state index contributed by atoms with van der Waals surface area (Å²) in [5, 5.41) is 5.60. The molecule has 2 N–H and O–H groups in total. The monoisotopic (exact) mass is 467 g/mol. The highest BCUT2D eigenvalue weighted by Crippen LogP contribution is 2.31. The molecule has 3 rings (SSSR count). The summed E-state index contributed by atoms with van der Waals surface area (Å²) < 4.78 is 38.8. The average Bonchev–Trinajstić information content (AvgIpc) is 3.10. The van der Waals surface area contributed by atoms with Crippen molar-refractivity contribution >= 4 is 40.7 Å². The molecule has 1 saturated heterocycles. The summed E-state index contributed by atoms with van der Waals surface area (Å²) >= 11 is 6.14. The molecule has 170 valence electrons. The van der Waals surface area contributed by atoms with Crippen LogP contribution in [0.15, 0.2) is 42.5 Å². The lowest BCUT2D eigenvalue weighted by atomic mass is 10.1. The van der Waals surface area contributed by atoms with Crippen molar-refractivity contribution < 1.29 is 27.6 Å². The van der Waals surface area contributed by atoms with Crippen molar-refractivity contribution in [1.82, 2.24) is 4.90 Å². The summed E-state index contributed by atoms with van der Waals surface area (Å²) in [7, 11) is 0. The van der Waals surface area contributed by atoms with Crippen LogP contribution in [-0.4, -0.2) is 29.2 Å². The van der Waals surface area contributed by atoms with Crippen molar-refractivity contribution in [3.05, 3.63) is 58.6 Å². The molecule has 2 aromatic rings. The zero-order chi connectivity index (χ0) is 23.5. The van der Waals surface area contributed by atoms with Crippen LogP contribution in [0.25, 0.3) is 0 Å². The SMILES string of the molecule is CCC(=O)Nc1ccc(Cl)c(NC(=O)C2CC(=O)N(Cc3cccc(C(F)(F)F)c3)C2)c1. The lowest BCUT2D eigenvalue weighted by Gasteiger charge is -2.18. The van der Waals surface area contributed by atoms with Crippen molar-refractivity contribution in [3.8, 4) is 0 Å². The third kappa shape index (κ3) is 5.79. The third-order valence-corrected chi connectivity index (χ3v) is 5.37. The fourth-order valence-corrected chi connectivity index (χ4v) is 3.51. The number of anilines is 2. The van der Waals surface area contributed by atoms with Crippen LogP contribution in [0.1, 0.15) is 30.9 Å². The number of carbonyl (C=O) groups excluding carboxylic acids is 3. The molecule has 0 aliphatic carbocycles. The maximum atomic E-state index is 12.9. The standard InChI is InChI=1S/C22H21ClF3N3O3/c1-2-19(30)27-16-6-7-17(23)18(10-16)28-21(32)14-9-20(31)29(12-14)11-13-4-3-5-15(8-13)22(24,25)26/h3-8,10,14H,2,9,11-12H2,1H3,(H,27,30)(H,28,32). The average molecular weight is 468 g/mol. The van der Waals surface area contributed by atoms with Crippen molar-refractivity contribution in [3.63, 3.8) is 0 Å². The molecular weight excluding hydrogens is 447 g/mol. The molecular formula is C22H21ClF3N3O3. The molecule has 1 unspecified atom stereocenters. The highest BCUT2D eigenvalue weighted by molar-refractivity contribution is 6.34. The van der Waals surface area contributed by atoms with E-state index in [4.69, 9.17) is 11.6 Å². The van der Waals surface area contributed by atoms with Gasteiger partial charge in [-0.2, -0.15) is 13.2 Å². The maximum Gasteiger partial charge on any atom is 0.416 e. The van der Waals surface area contributed by atoms with Crippen LogP contribution in [0.5, 0.6) is 0 Å². The lowest BCUT2D eigenvalue weighted by Crippen LogP contribution is -2.28.